The Morgan fingerprint density at radius 2 is 1.86 bits per heavy atom. The van der Waals surface area contributed by atoms with Crippen molar-refractivity contribution in [1.82, 2.24) is 15.6 Å². The van der Waals surface area contributed by atoms with Crippen LogP contribution in [0.1, 0.15) is 24.2 Å². The molecule has 154 valence electrons. The lowest BCUT2D eigenvalue weighted by Crippen LogP contribution is -2.42. The molecular weight excluding hydrogens is 398 g/mol. The molecule has 1 aromatic heterocycles. The smallest absolute Gasteiger partial charge is 0.318 e. The van der Waals surface area contributed by atoms with Crippen molar-refractivity contribution in [3.8, 4) is 5.75 Å². The number of hydrogen-bond acceptors (Lipinski definition) is 5. The minimum atomic E-state index is -0.633. The van der Waals surface area contributed by atoms with Crippen molar-refractivity contribution in [3.63, 3.8) is 0 Å². The number of rotatable bonds is 6. The third-order valence-electron chi connectivity index (χ3n) is 4.25. The molecule has 2 rings (SSSR count). The van der Waals surface area contributed by atoms with Crippen molar-refractivity contribution >= 4 is 41.0 Å². The minimum absolute atomic E-state index is 0.0406. The van der Waals surface area contributed by atoms with Gasteiger partial charge in [0.15, 0.2) is 11.6 Å². The van der Waals surface area contributed by atoms with Crippen LogP contribution < -0.4 is 21.3 Å². The van der Waals surface area contributed by atoms with Crippen LogP contribution in [0.3, 0.4) is 0 Å². The van der Waals surface area contributed by atoms with Crippen molar-refractivity contribution in [3.05, 3.63) is 47.1 Å². The van der Waals surface area contributed by atoms with Gasteiger partial charge >= 0.3 is 6.03 Å². The monoisotopic (exact) mass is 419 g/mol. The molecule has 5 N–H and O–H groups in total. The molecule has 4 amide bonds. The third kappa shape index (κ3) is 5.82. The summed E-state index contributed by atoms with van der Waals surface area (Å²) < 4.78 is 0. The van der Waals surface area contributed by atoms with Gasteiger partial charge in [-0.3, -0.25) is 9.59 Å². The summed E-state index contributed by atoms with van der Waals surface area (Å²) in [6.07, 6.45) is 1.44. The summed E-state index contributed by atoms with van der Waals surface area (Å²) in [5.41, 5.74) is 0.547. The first-order chi connectivity index (χ1) is 13.7. The lowest BCUT2D eigenvalue weighted by Gasteiger charge is -2.21. The zero-order valence-corrected chi connectivity index (χ0v) is 16.9. The first-order valence-corrected chi connectivity index (χ1v) is 9.14. The van der Waals surface area contributed by atoms with Gasteiger partial charge in [0, 0.05) is 25.0 Å². The second kappa shape index (κ2) is 9.74. The average Bonchev–Trinajstić information content (AvgIpc) is 2.70. The Morgan fingerprint density at radius 1 is 1.14 bits per heavy atom. The molecule has 0 fully saturated rings. The number of amides is 4. The summed E-state index contributed by atoms with van der Waals surface area (Å²) in [6, 6.07) is 6.44. The van der Waals surface area contributed by atoms with Crippen LogP contribution in [0.15, 0.2) is 36.5 Å². The zero-order chi connectivity index (χ0) is 21.6. The van der Waals surface area contributed by atoms with E-state index in [1.807, 2.05) is 0 Å². The fourth-order valence-corrected chi connectivity index (χ4v) is 2.53. The van der Waals surface area contributed by atoms with Crippen molar-refractivity contribution < 1.29 is 19.5 Å². The van der Waals surface area contributed by atoms with E-state index in [4.69, 9.17) is 11.6 Å². The summed E-state index contributed by atoms with van der Waals surface area (Å²) in [7, 11) is 1.47. The number of aromatic hydroxyl groups is 1. The highest BCUT2D eigenvalue weighted by Gasteiger charge is 2.24. The molecule has 1 heterocycles. The van der Waals surface area contributed by atoms with Gasteiger partial charge in [0.25, 0.3) is 5.91 Å². The number of nitrogens with one attached hydrogen (secondary N) is 4. The lowest BCUT2D eigenvalue weighted by molar-refractivity contribution is -0.120. The molecule has 0 saturated carbocycles. The summed E-state index contributed by atoms with van der Waals surface area (Å²) >= 11 is 6.11. The van der Waals surface area contributed by atoms with E-state index in [2.05, 4.69) is 26.3 Å². The quantitative estimate of drug-likeness (QED) is 0.491. The summed E-state index contributed by atoms with van der Waals surface area (Å²) in [5.74, 6) is -1.67. The van der Waals surface area contributed by atoms with Gasteiger partial charge in [0.05, 0.1) is 16.5 Å². The van der Waals surface area contributed by atoms with Gasteiger partial charge in [-0.25, -0.2) is 9.78 Å². The maximum Gasteiger partial charge on any atom is 0.318 e. The molecule has 0 aliphatic carbocycles. The second-order valence-electron chi connectivity index (χ2n) is 6.31. The standard InChI is InChI=1S/C19H22ClN5O4/c1-10(17(27)25-16-15(26)5-4-8-22-16)11(2)23-18(28)13-9-12(6-7-14(13)20)24-19(29)21-3/h4-11,26H,1-3H3,(H,23,28)(H2,21,24,29)(H,22,25,27). The number of nitrogens with zero attached hydrogens (tertiary/aromatic N) is 1. The van der Waals surface area contributed by atoms with E-state index in [1.54, 1.807) is 19.9 Å². The molecule has 10 heteroatoms. The Kier molecular flexibility index (Phi) is 7.38. The van der Waals surface area contributed by atoms with Gasteiger partial charge in [0.1, 0.15) is 0 Å². The molecule has 0 bridgehead atoms. The first-order valence-electron chi connectivity index (χ1n) is 8.77. The molecule has 0 aliphatic rings. The van der Waals surface area contributed by atoms with Crippen molar-refractivity contribution in [2.24, 2.45) is 5.92 Å². The number of carbonyl (C=O) groups is 3. The van der Waals surface area contributed by atoms with Gasteiger partial charge in [0.2, 0.25) is 5.91 Å². The molecule has 2 atom stereocenters. The highest BCUT2D eigenvalue weighted by molar-refractivity contribution is 6.34. The predicted molar refractivity (Wildman–Crippen MR) is 110 cm³/mol. The van der Waals surface area contributed by atoms with Gasteiger partial charge in [-0.05, 0) is 37.3 Å². The van der Waals surface area contributed by atoms with E-state index in [0.29, 0.717) is 5.69 Å². The number of urea groups is 1. The summed E-state index contributed by atoms with van der Waals surface area (Å²) in [4.78, 5) is 40.4. The molecule has 2 aromatic rings. The highest BCUT2D eigenvalue weighted by atomic mass is 35.5. The third-order valence-corrected chi connectivity index (χ3v) is 4.58. The van der Waals surface area contributed by atoms with Crippen LogP contribution in [0.4, 0.5) is 16.3 Å². The SMILES string of the molecule is CNC(=O)Nc1ccc(Cl)c(C(=O)NC(C)C(C)C(=O)Nc2ncccc2O)c1. The van der Waals surface area contributed by atoms with Crippen LogP contribution >= 0.6 is 11.6 Å². The average molecular weight is 420 g/mol. The van der Waals surface area contributed by atoms with E-state index in [0.717, 1.165) is 0 Å². The Morgan fingerprint density at radius 3 is 2.52 bits per heavy atom. The van der Waals surface area contributed by atoms with E-state index < -0.39 is 29.8 Å². The van der Waals surface area contributed by atoms with Gasteiger partial charge in [-0.15, -0.1) is 0 Å². The van der Waals surface area contributed by atoms with E-state index in [9.17, 15) is 19.5 Å². The Bertz CT molecular complexity index is 921. The van der Waals surface area contributed by atoms with Gasteiger partial charge < -0.3 is 26.4 Å². The fraction of sp³-hybridized carbons (Fsp3) is 0.263. The van der Waals surface area contributed by atoms with Crippen LogP contribution in [0.5, 0.6) is 5.75 Å². The van der Waals surface area contributed by atoms with E-state index in [-0.39, 0.29) is 22.2 Å². The number of hydrogen-bond donors (Lipinski definition) is 5. The Balaban J connectivity index is 2.05. The second-order valence-corrected chi connectivity index (χ2v) is 6.72. The topological polar surface area (TPSA) is 132 Å². The maximum atomic E-state index is 12.6. The molecular formula is C19H22ClN5O4. The Hall–Kier alpha value is -3.33. The van der Waals surface area contributed by atoms with E-state index >= 15 is 0 Å². The van der Waals surface area contributed by atoms with E-state index in [1.165, 1.54) is 37.5 Å². The molecule has 0 aliphatic heterocycles. The zero-order valence-electron chi connectivity index (χ0n) is 16.1. The molecule has 9 nitrogen and oxygen atoms in total. The minimum Gasteiger partial charge on any atom is -0.504 e. The summed E-state index contributed by atoms with van der Waals surface area (Å²) in [6.45, 7) is 3.30. The molecule has 29 heavy (non-hydrogen) atoms. The number of carbonyl (C=O) groups excluding carboxylic acids is 3. The molecule has 0 saturated heterocycles. The fourth-order valence-electron chi connectivity index (χ4n) is 2.33. The number of anilines is 2. The number of benzene rings is 1. The molecule has 1 aromatic carbocycles. The van der Waals surface area contributed by atoms with Gasteiger partial charge in [-0.2, -0.15) is 0 Å². The van der Waals surface area contributed by atoms with Crippen LogP contribution in [-0.2, 0) is 4.79 Å². The summed E-state index contributed by atoms with van der Waals surface area (Å²) in [5, 5.41) is 20.1. The first kappa shape index (κ1) is 22.0. The number of halogens is 1. The number of aromatic nitrogens is 1. The molecule has 0 spiro atoms. The van der Waals surface area contributed by atoms with Crippen molar-refractivity contribution in [1.29, 1.82) is 0 Å². The molecule has 0 radical (unpaired) electrons. The lowest BCUT2D eigenvalue weighted by atomic mass is 10.0. The predicted octanol–water partition coefficient (Wildman–Crippen LogP) is 2.58. The normalized spacial score (nSPS) is 12.4. The van der Waals surface area contributed by atoms with Crippen LogP contribution in [-0.4, -0.2) is 41.0 Å². The number of pyridine rings is 1. The Labute approximate surface area is 172 Å². The maximum absolute atomic E-state index is 12.6. The van der Waals surface area contributed by atoms with Crippen LogP contribution in [0, 0.1) is 5.92 Å². The largest absolute Gasteiger partial charge is 0.504 e. The highest BCUT2D eigenvalue weighted by Crippen LogP contribution is 2.22. The van der Waals surface area contributed by atoms with Gasteiger partial charge in [-0.1, -0.05) is 18.5 Å². The van der Waals surface area contributed by atoms with Crippen LogP contribution in [0.2, 0.25) is 5.02 Å². The van der Waals surface area contributed by atoms with Crippen LogP contribution in [0.25, 0.3) is 0 Å². The molecule has 2 unspecified atom stereocenters. The van der Waals surface area contributed by atoms with Crippen molar-refractivity contribution in [2.75, 3.05) is 17.7 Å². The van der Waals surface area contributed by atoms with Crippen molar-refractivity contribution in [2.45, 2.75) is 19.9 Å².